The van der Waals surface area contributed by atoms with Gasteiger partial charge in [-0.3, -0.25) is 4.79 Å². The van der Waals surface area contributed by atoms with Crippen molar-refractivity contribution in [1.82, 2.24) is 4.98 Å². The molecule has 1 aromatic heterocycles. The van der Waals surface area contributed by atoms with Gasteiger partial charge in [-0.1, -0.05) is 30.3 Å². The molecule has 0 fully saturated rings. The Hall–Kier alpha value is -1.79. The molecule has 1 atom stereocenters. The minimum atomic E-state index is -1.01. The van der Waals surface area contributed by atoms with Crippen LogP contribution in [0.25, 0.3) is 11.3 Å². The summed E-state index contributed by atoms with van der Waals surface area (Å²) in [5.41, 5.74) is 6.64. The Morgan fingerprint density at radius 3 is 2.71 bits per heavy atom. The Bertz CT molecular complexity index is 610. The molecule has 112 valence electrons. The zero-order valence-electron chi connectivity index (χ0n) is 11.9. The molecule has 6 heteroatoms. The molecule has 0 saturated heterocycles. The number of aliphatic carboxylic acids is 1. The largest absolute Gasteiger partial charge is 0.480 e. The Kier molecular flexibility index (Phi) is 4.69. The molecule has 0 spiro atoms. The van der Waals surface area contributed by atoms with Gasteiger partial charge in [0.25, 0.3) is 0 Å². The lowest BCUT2D eigenvalue weighted by molar-refractivity contribution is -0.139. The van der Waals surface area contributed by atoms with Crippen LogP contribution in [0.3, 0.4) is 0 Å². The van der Waals surface area contributed by atoms with Crippen LogP contribution in [0.1, 0.15) is 19.7 Å². The minimum absolute atomic E-state index is 0.473. The minimum Gasteiger partial charge on any atom is -0.480 e. The second kappa shape index (κ2) is 6.32. The SMILES string of the molecule is CC(C)(SCc1ncc(-c2ccccc2)o1)[C@@H](N)C(=O)O. The molecule has 0 unspecified atom stereocenters. The maximum absolute atomic E-state index is 11.0. The van der Waals surface area contributed by atoms with E-state index in [0.717, 1.165) is 5.56 Å². The molecule has 0 saturated carbocycles. The smallest absolute Gasteiger partial charge is 0.321 e. The predicted octanol–water partition coefficient (Wildman–Crippen LogP) is 2.77. The van der Waals surface area contributed by atoms with Crippen molar-refractivity contribution in [2.75, 3.05) is 0 Å². The first-order chi connectivity index (χ1) is 9.90. The van der Waals surface area contributed by atoms with Crippen molar-refractivity contribution in [2.24, 2.45) is 5.73 Å². The quantitative estimate of drug-likeness (QED) is 0.853. The van der Waals surface area contributed by atoms with Gasteiger partial charge in [0.15, 0.2) is 5.76 Å². The van der Waals surface area contributed by atoms with E-state index in [-0.39, 0.29) is 0 Å². The van der Waals surface area contributed by atoms with Crippen LogP contribution in [-0.2, 0) is 10.5 Å². The van der Waals surface area contributed by atoms with E-state index < -0.39 is 16.8 Å². The van der Waals surface area contributed by atoms with Crippen molar-refractivity contribution in [3.05, 3.63) is 42.4 Å². The van der Waals surface area contributed by atoms with Crippen LogP contribution in [-0.4, -0.2) is 26.8 Å². The summed E-state index contributed by atoms with van der Waals surface area (Å²) in [6, 6.07) is 8.75. The number of carbonyl (C=O) groups is 1. The maximum Gasteiger partial charge on any atom is 0.321 e. The van der Waals surface area contributed by atoms with E-state index in [4.69, 9.17) is 15.3 Å². The highest BCUT2D eigenvalue weighted by Crippen LogP contribution is 2.31. The summed E-state index contributed by atoms with van der Waals surface area (Å²) in [6.07, 6.45) is 1.68. The van der Waals surface area contributed by atoms with Gasteiger partial charge in [0, 0.05) is 10.3 Å². The second-order valence-corrected chi connectivity index (χ2v) is 6.82. The van der Waals surface area contributed by atoms with Gasteiger partial charge in [-0.25, -0.2) is 4.98 Å². The number of rotatable bonds is 6. The highest BCUT2D eigenvalue weighted by molar-refractivity contribution is 7.99. The first-order valence-corrected chi connectivity index (χ1v) is 7.51. The molecule has 21 heavy (non-hydrogen) atoms. The fraction of sp³-hybridized carbons (Fsp3) is 0.333. The summed E-state index contributed by atoms with van der Waals surface area (Å²) in [5.74, 6) is 0.724. The molecule has 1 heterocycles. The van der Waals surface area contributed by atoms with Crippen molar-refractivity contribution in [2.45, 2.75) is 30.4 Å². The summed E-state index contributed by atoms with van der Waals surface area (Å²) in [4.78, 5) is 15.2. The van der Waals surface area contributed by atoms with Crippen molar-refractivity contribution >= 4 is 17.7 Å². The Labute approximate surface area is 127 Å². The van der Waals surface area contributed by atoms with Crippen LogP contribution in [0.2, 0.25) is 0 Å². The number of oxazole rings is 1. The molecular formula is C15H18N2O3S. The first-order valence-electron chi connectivity index (χ1n) is 6.52. The van der Waals surface area contributed by atoms with Crippen molar-refractivity contribution < 1.29 is 14.3 Å². The molecule has 0 bridgehead atoms. The molecule has 2 aromatic rings. The number of thioether (sulfide) groups is 1. The monoisotopic (exact) mass is 306 g/mol. The van der Waals surface area contributed by atoms with E-state index in [1.165, 1.54) is 11.8 Å². The van der Waals surface area contributed by atoms with Crippen LogP contribution in [0.5, 0.6) is 0 Å². The van der Waals surface area contributed by atoms with Gasteiger partial charge < -0.3 is 15.3 Å². The second-order valence-electron chi connectivity index (χ2n) is 5.19. The molecule has 0 aliphatic heterocycles. The van der Waals surface area contributed by atoms with Gasteiger partial charge in [0.05, 0.1) is 11.9 Å². The third-order valence-corrected chi connectivity index (χ3v) is 4.58. The van der Waals surface area contributed by atoms with Crippen molar-refractivity contribution in [1.29, 1.82) is 0 Å². The van der Waals surface area contributed by atoms with Crippen LogP contribution in [0.15, 0.2) is 40.9 Å². The lowest BCUT2D eigenvalue weighted by Gasteiger charge is -2.27. The Morgan fingerprint density at radius 2 is 2.10 bits per heavy atom. The fourth-order valence-electron chi connectivity index (χ4n) is 1.75. The van der Waals surface area contributed by atoms with Gasteiger partial charge in [0.1, 0.15) is 6.04 Å². The lowest BCUT2D eigenvalue weighted by atomic mass is 10.1. The average molecular weight is 306 g/mol. The summed E-state index contributed by atoms with van der Waals surface area (Å²) in [5, 5.41) is 8.99. The lowest BCUT2D eigenvalue weighted by Crippen LogP contribution is -2.46. The standard InChI is InChI=1S/C15H18N2O3S/c1-15(2,13(16)14(18)19)21-9-12-17-8-11(20-12)10-6-4-3-5-7-10/h3-8,13H,9,16H2,1-2H3,(H,18,19)/t13-/m0/s1. The van der Waals surface area contributed by atoms with Crippen LogP contribution >= 0.6 is 11.8 Å². The summed E-state index contributed by atoms with van der Waals surface area (Å²) in [7, 11) is 0. The summed E-state index contributed by atoms with van der Waals surface area (Å²) >= 11 is 1.41. The van der Waals surface area contributed by atoms with E-state index in [0.29, 0.717) is 17.4 Å². The van der Waals surface area contributed by atoms with Crippen LogP contribution in [0.4, 0.5) is 0 Å². The van der Waals surface area contributed by atoms with Gasteiger partial charge in [-0.05, 0) is 13.8 Å². The summed E-state index contributed by atoms with van der Waals surface area (Å²) in [6.45, 7) is 3.61. The number of aromatic nitrogens is 1. The number of carboxylic acids is 1. The molecule has 1 aromatic carbocycles. The maximum atomic E-state index is 11.0. The van der Waals surface area contributed by atoms with Crippen molar-refractivity contribution in [3.63, 3.8) is 0 Å². The van der Waals surface area contributed by atoms with Crippen LogP contribution < -0.4 is 5.73 Å². The summed E-state index contributed by atoms with van der Waals surface area (Å²) < 4.78 is 5.08. The van der Waals surface area contributed by atoms with E-state index >= 15 is 0 Å². The van der Waals surface area contributed by atoms with Gasteiger partial charge in [-0.15, -0.1) is 11.8 Å². The van der Waals surface area contributed by atoms with Crippen molar-refractivity contribution in [3.8, 4) is 11.3 Å². The normalized spacial score (nSPS) is 13.1. The number of carboxylic acid groups (broad SMARTS) is 1. The number of benzene rings is 1. The highest BCUT2D eigenvalue weighted by atomic mass is 32.2. The average Bonchev–Trinajstić information content (AvgIpc) is 2.94. The zero-order chi connectivity index (χ0) is 15.5. The highest BCUT2D eigenvalue weighted by Gasteiger charge is 2.32. The van der Waals surface area contributed by atoms with E-state index in [2.05, 4.69) is 4.98 Å². The first kappa shape index (κ1) is 15.6. The third kappa shape index (κ3) is 3.86. The van der Waals surface area contributed by atoms with E-state index in [9.17, 15) is 4.79 Å². The molecule has 2 rings (SSSR count). The van der Waals surface area contributed by atoms with Gasteiger partial charge >= 0.3 is 5.97 Å². The van der Waals surface area contributed by atoms with E-state index in [1.54, 1.807) is 20.0 Å². The molecule has 3 N–H and O–H groups in total. The molecule has 0 aliphatic carbocycles. The molecule has 0 amide bonds. The van der Waals surface area contributed by atoms with E-state index in [1.807, 2.05) is 30.3 Å². The Balaban J connectivity index is 2.02. The number of hydrogen-bond donors (Lipinski definition) is 2. The molecule has 0 radical (unpaired) electrons. The van der Waals surface area contributed by atoms with Crippen LogP contribution in [0, 0.1) is 0 Å². The molecule has 5 nitrogen and oxygen atoms in total. The Morgan fingerprint density at radius 1 is 1.43 bits per heavy atom. The molecular weight excluding hydrogens is 288 g/mol. The number of hydrogen-bond acceptors (Lipinski definition) is 5. The van der Waals surface area contributed by atoms with Gasteiger partial charge in [0.2, 0.25) is 5.89 Å². The predicted molar refractivity (Wildman–Crippen MR) is 82.9 cm³/mol. The van der Waals surface area contributed by atoms with Gasteiger partial charge in [-0.2, -0.15) is 0 Å². The number of nitrogens with two attached hydrogens (primary N) is 1. The topological polar surface area (TPSA) is 89.4 Å². The molecule has 0 aliphatic rings. The zero-order valence-corrected chi connectivity index (χ0v) is 12.8. The third-order valence-electron chi connectivity index (χ3n) is 3.19. The number of nitrogens with zero attached hydrogens (tertiary/aromatic N) is 1. The fourth-order valence-corrected chi connectivity index (χ4v) is 2.66.